The van der Waals surface area contributed by atoms with Gasteiger partial charge in [-0.25, -0.2) is 0 Å². The van der Waals surface area contributed by atoms with E-state index < -0.39 is 0 Å². The molecule has 18 heavy (non-hydrogen) atoms. The van der Waals surface area contributed by atoms with E-state index in [9.17, 15) is 4.79 Å². The van der Waals surface area contributed by atoms with E-state index in [1.54, 1.807) is 7.11 Å². The number of primary amides is 1. The van der Waals surface area contributed by atoms with E-state index in [-0.39, 0.29) is 11.9 Å². The average Bonchev–Trinajstić information content (AvgIpc) is 2.33. The third kappa shape index (κ3) is 4.37. The number of nitrogens with two attached hydrogens (primary N) is 1. The van der Waals surface area contributed by atoms with E-state index >= 15 is 0 Å². The molecule has 0 radical (unpaired) electrons. The first-order valence-corrected chi connectivity index (χ1v) is 6.21. The molecule has 3 N–H and O–H groups in total. The van der Waals surface area contributed by atoms with Crippen LogP contribution in [-0.4, -0.2) is 19.6 Å². The van der Waals surface area contributed by atoms with Crippen LogP contribution < -0.4 is 15.8 Å². The van der Waals surface area contributed by atoms with Crippen LogP contribution in [0.5, 0.6) is 5.75 Å². The molecule has 0 aliphatic rings. The Balaban J connectivity index is 2.55. The smallest absolute Gasteiger partial charge is 0.217 e. The van der Waals surface area contributed by atoms with Gasteiger partial charge in [0.1, 0.15) is 5.75 Å². The lowest BCUT2D eigenvalue weighted by molar-refractivity contribution is -0.118. The number of hydrogen-bond acceptors (Lipinski definition) is 3. The number of benzene rings is 1. The zero-order chi connectivity index (χ0) is 13.5. The lowest BCUT2D eigenvalue weighted by atomic mass is 10.0. The monoisotopic (exact) mass is 250 g/mol. The molecule has 1 aromatic rings. The Morgan fingerprint density at radius 3 is 2.83 bits per heavy atom. The summed E-state index contributed by atoms with van der Waals surface area (Å²) in [6, 6.07) is 6.35. The maximum absolute atomic E-state index is 10.6. The first kappa shape index (κ1) is 14.5. The van der Waals surface area contributed by atoms with Crippen molar-refractivity contribution < 1.29 is 9.53 Å². The van der Waals surface area contributed by atoms with Gasteiger partial charge in [0.25, 0.3) is 0 Å². The normalized spacial score (nSPS) is 12.2. The van der Waals surface area contributed by atoms with Crippen molar-refractivity contribution in [1.82, 2.24) is 5.32 Å². The lowest BCUT2D eigenvalue weighted by Crippen LogP contribution is -2.22. The quantitative estimate of drug-likeness (QED) is 0.727. The molecule has 0 aromatic heterocycles. The molecule has 100 valence electrons. The Kier molecular flexibility index (Phi) is 5.65. The molecule has 0 aliphatic heterocycles. The maximum Gasteiger partial charge on any atom is 0.217 e. The van der Waals surface area contributed by atoms with Crippen molar-refractivity contribution in [2.24, 2.45) is 5.73 Å². The number of carbonyl (C=O) groups is 1. The fraction of sp³-hybridized carbons (Fsp3) is 0.500. The van der Waals surface area contributed by atoms with Crippen molar-refractivity contribution >= 4 is 5.91 Å². The lowest BCUT2D eigenvalue weighted by Gasteiger charge is -2.17. The Hall–Kier alpha value is -1.55. The number of amides is 1. The molecule has 1 unspecified atom stereocenters. The second kappa shape index (κ2) is 7.01. The van der Waals surface area contributed by atoms with Gasteiger partial charge in [0.05, 0.1) is 7.11 Å². The minimum absolute atomic E-state index is 0.188. The third-order valence-electron chi connectivity index (χ3n) is 2.91. The fourth-order valence-electron chi connectivity index (χ4n) is 1.87. The number of hydrogen-bond donors (Lipinski definition) is 2. The molecule has 1 amide bonds. The van der Waals surface area contributed by atoms with Gasteiger partial charge in [0, 0.05) is 18.0 Å². The predicted octanol–water partition coefficient (Wildman–Crippen LogP) is 1.92. The Labute approximate surface area is 109 Å². The van der Waals surface area contributed by atoms with Crippen LogP contribution >= 0.6 is 0 Å². The highest BCUT2D eigenvalue weighted by Gasteiger charge is 2.10. The van der Waals surface area contributed by atoms with E-state index in [1.807, 2.05) is 13.0 Å². The summed E-state index contributed by atoms with van der Waals surface area (Å²) in [5.74, 6) is 0.641. The highest BCUT2D eigenvalue weighted by Crippen LogP contribution is 2.25. The van der Waals surface area contributed by atoms with Gasteiger partial charge in [0.15, 0.2) is 0 Å². The minimum Gasteiger partial charge on any atom is -0.496 e. The second-order valence-electron chi connectivity index (χ2n) is 4.49. The molecule has 0 heterocycles. The summed E-state index contributed by atoms with van der Waals surface area (Å²) < 4.78 is 5.38. The molecule has 1 aromatic carbocycles. The SMILES string of the molecule is COc1cc(C)ccc1C(C)NCCCC(N)=O. The van der Waals surface area contributed by atoms with Crippen LogP contribution in [0.15, 0.2) is 18.2 Å². The Morgan fingerprint density at radius 2 is 2.22 bits per heavy atom. The Morgan fingerprint density at radius 1 is 1.50 bits per heavy atom. The molecule has 0 spiro atoms. The number of ether oxygens (including phenoxy) is 1. The van der Waals surface area contributed by atoms with E-state index in [2.05, 4.69) is 24.4 Å². The van der Waals surface area contributed by atoms with E-state index in [0.29, 0.717) is 6.42 Å². The summed E-state index contributed by atoms with van der Waals surface area (Å²) in [6.45, 7) is 4.88. The van der Waals surface area contributed by atoms with Gasteiger partial charge in [-0.2, -0.15) is 0 Å². The molecular weight excluding hydrogens is 228 g/mol. The molecule has 4 nitrogen and oxygen atoms in total. The Bertz CT molecular complexity index is 405. The van der Waals surface area contributed by atoms with Gasteiger partial charge in [-0.05, 0) is 38.4 Å². The summed E-state index contributed by atoms with van der Waals surface area (Å²) in [6.07, 6.45) is 1.18. The average molecular weight is 250 g/mol. The van der Waals surface area contributed by atoms with Crippen molar-refractivity contribution in [3.8, 4) is 5.75 Å². The van der Waals surface area contributed by atoms with Gasteiger partial charge < -0.3 is 15.8 Å². The number of rotatable bonds is 7. The molecule has 0 saturated carbocycles. The van der Waals surface area contributed by atoms with Gasteiger partial charge in [-0.1, -0.05) is 12.1 Å². The van der Waals surface area contributed by atoms with Crippen LogP contribution in [0, 0.1) is 6.92 Å². The molecule has 4 heteroatoms. The summed E-state index contributed by atoms with van der Waals surface area (Å²) in [5, 5.41) is 3.36. The summed E-state index contributed by atoms with van der Waals surface area (Å²) in [4.78, 5) is 10.6. The molecule has 0 saturated heterocycles. The van der Waals surface area contributed by atoms with E-state index in [1.165, 1.54) is 5.56 Å². The van der Waals surface area contributed by atoms with Gasteiger partial charge in [-0.3, -0.25) is 4.79 Å². The van der Waals surface area contributed by atoms with Crippen LogP contribution in [0.3, 0.4) is 0 Å². The molecule has 0 aliphatic carbocycles. The minimum atomic E-state index is -0.252. The van der Waals surface area contributed by atoms with Gasteiger partial charge in [-0.15, -0.1) is 0 Å². The van der Waals surface area contributed by atoms with Crippen LogP contribution in [0.2, 0.25) is 0 Å². The number of nitrogens with one attached hydrogen (secondary N) is 1. The standard InChI is InChI=1S/C14H22N2O2/c1-10-6-7-12(13(9-10)18-3)11(2)16-8-4-5-14(15)17/h6-7,9,11,16H,4-5,8H2,1-3H3,(H2,15,17). The number of carbonyl (C=O) groups excluding carboxylic acids is 1. The van der Waals surface area contributed by atoms with Crippen LogP contribution in [-0.2, 0) is 4.79 Å². The van der Waals surface area contributed by atoms with E-state index in [0.717, 1.165) is 24.3 Å². The van der Waals surface area contributed by atoms with Crippen LogP contribution in [0.25, 0.3) is 0 Å². The zero-order valence-electron chi connectivity index (χ0n) is 11.3. The third-order valence-corrected chi connectivity index (χ3v) is 2.91. The first-order valence-electron chi connectivity index (χ1n) is 6.21. The van der Waals surface area contributed by atoms with Crippen LogP contribution in [0.4, 0.5) is 0 Å². The first-order chi connectivity index (χ1) is 8.54. The van der Waals surface area contributed by atoms with Crippen molar-refractivity contribution in [3.05, 3.63) is 29.3 Å². The van der Waals surface area contributed by atoms with Crippen molar-refractivity contribution in [3.63, 3.8) is 0 Å². The summed E-state index contributed by atoms with van der Waals surface area (Å²) in [7, 11) is 1.68. The molecule has 0 bridgehead atoms. The highest BCUT2D eigenvalue weighted by molar-refractivity contribution is 5.73. The molecule has 1 atom stereocenters. The molecule has 0 fully saturated rings. The van der Waals surface area contributed by atoms with Crippen LogP contribution in [0.1, 0.15) is 36.9 Å². The van der Waals surface area contributed by atoms with Gasteiger partial charge >= 0.3 is 0 Å². The maximum atomic E-state index is 10.6. The molecule has 1 rings (SSSR count). The van der Waals surface area contributed by atoms with Crippen molar-refractivity contribution in [2.75, 3.05) is 13.7 Å². The van der Waals surface area contributed by atoms with Crippen molar-refractivity contribution in [1.29, 1.82) is 0 Å². The highest BCUT2D eigenvalue weighted by atomic mass is 16.5. The molecular formula is C14H22N2O2. The largest absolute Gasteiger partial charge is 0.496 e. The summed E-state index contributed by atoms with van der Waals surface area (Å²) >= 11 is 0. The summed E-state index contributed by atoms with van der Waals surface area (Å²) in [5.41, 5.74) is 7.40. The number of aryl methyl sites for hydroxylation is 1. The van der Waals surface area contributed by atoms with E-state index in [4.69, 9.17) is 10.5 Å². The second-order valence-corrected chi connectivity index (χ2v) is 4.49. The fourth-order valence-corrected chi connectivity index (χ4v) is 1.87. The van der Waals surface area contributed by atoms with Gasteiger partial charge in [0.2, 0.25) is 5.91 Å². The van der Waals surface area contributed by atoms with Crippen molar-refractivity contribution in [2.45, 2.75) is 32.7 Å². The predicted molar refractivity (Wildman–Crippen MR) is 72.6 cm³/mol. The zero-order valence-corrected chi connectivity index (χ0v) is 11.3. The topological polar surface area (TPSA) is 64.3 Å². The number of methoxy groups -OCH3 is 1.